The van der Waals surface area contributed by atoms with Gasteiger partial charge in [-0.25, -0.2) is 0 Å². The Hall–Kier alpha value is -3.88. The van der Waals surface area contributed by atoms with Crippen LogP contribution in [0.15, 0.2) is 88.9 Å². The molecule has 0 bridgehead atoms. The molecule has 1 N–H and O–H groups in total. The highest BCUT2D eigenvalue weighted by Gasteiger charge is 2.31. The van der Waals surface area contributed by atoms with Crippen LogP contribution >= 0.6 is 34.0 Å². The van der Waals surface area contributed by atoms with Gasteiger partial charge in [0.1, 0.15) is 13.6 Å². The number of carbonyl (C=O) groups excluding carboxylic acids is 2. The van der Waals surface area contributed by atoms with Crippen LogP contribution in [0.1, 0.15) is 36.0 Å². The predicted octanol–water partition coefficient (Wildman–Crippen LogP) is 7.89. The third kappa shape index (κ3) is 16.6. The number of aliphatic hydroxyl groups is 1. The maximum atomic E-state index is 12.0. The first-order valence-corrected chi connectivity index (χ1v) is 26.3. The van der Waals surface area contributed by atoms with E-state index in [-0.39, 0.29) is 30.8 Å². The molecule has 68 heavy (non-hydrogen) atoms. The quantitative estimate of drug-likeness (QED) is 0.0445. The zero-order valence-corrected chi connectivity index (χ0v) is 41.9. The number of thiophene rings is 3. The standard InChI is InChI=1S/C18H23NO4S.C18H25NO3S.C16H19NO3S/c1-21-13-23-16-11-19(12-16)18(20)5-8-22-7-4-14-2-3-17-15(10-14)6-9-24-17;1-20-14-22-17-12-19(13-17)7-2-8-21-9-5-15-3-4-18-16(11-15)6-10-23-18;18-14-10-17(11-14)16(19)4-7-20-6-3-12-1-2-15-13(9-12)5-8-21-15/h2-3,6,9-10,16H,4-5,7-8,11-13H2,1H3;3-4,6,10-11,17H,2,5,7-9,12-14H2,1H3;1-2,5,8-9,14,18H,3-4,6-7,10-11H2. The van der Waals surface area contributed by atoms with Gasteiger partial charge in [0, 0.05) is 80.7 Å². The van der Waals surface area contributed by atoms with Gasteiger partial charge in [0.05, 0.1) is 64.2 Å². The number of methoxy groups -OCH3 is 2. The molecule has 368 valence electrons. The Bertz CT molecular complexity index is 2410. The number of β-amino-alcohol motifs (C(OH)–C–C–N with tert-alkyl or cyclic N) is 1. The average Bonchev–Trinajstić information content (AvgIpc) is 4.10. The minimum atomic E-state index is -0.332. The summed E-state index contributed by atoms with van der Waals surface area (Å²) >= 11 is 5.30. The fraction of sp³-hybridized carbons (Fsp3) is 0.500. The minimum Gasteiger partial charge on any atom is -0.389 e. The van der Waals surface area contributed by atoms with Gasteiger partial charge in [0.15, 0.2) is 0 Å². The zero-order chi connectivity index (χ0) is 47.3. The molecule has 3 saturated heterocycles. The number of ether oxygens (including phenoxy) is 7. The van der Waals surface area contributed by atoms with Crippen LogP contribution in [0.2, 0.25) is 0 Å². The highest BCUT2D eigenvalue weighted by molar-refractivity contribution is 7.17. The molecule has 3 aromatic heterocycles. The molecule has 0 saturated carbocycles. The van der Waals surface area contributed by atoms with E-state index in [9.17, 15) is 9.59 Å². The molecule has 3 aromatic carbocycles. The molecule has 0 spiro atoms. The van der Waals surface area contributed by atoms with E-state index in [0.29, 0.717) is 78.3 Å². The molecular formula is C52H67N3O10S3. The third-order valence-corrected chi connectivity index (χ3v) is 14.7. The van der Waals surface area contributed by atoms with E-state index in [1.807, 2.05) is 0 Å². The molecule has 3 aliphatic heterocycles. The number of likely N-dealkylation sites (tertiary alicyclic amines) is 3. The summed E-state index contributed by atoms with van der Waals surface area (Å²) in [5.74, 6) is 0.201. The van der Waals surface area contributed by atoms with Gasteiger partial charge >= 0.3 is 0 Å². The van der Waals surface area contributed by atoms with Crippen molar-refractivity contribution < 1.29 is 47.9 Å². The molecule has 6 heterocycles. The summed E-state index contributed by atoms with van der Waals surface area (Å²) in [5, 5.41) is 19.4. The van der Waals surface area contributed by atoms with Gasteiger partial charge in [-0.05, 0) is 111 Å². The van der Waals surface area contributed by atoms with Crippen molar-refractivity contribution in [2.24, 2.45) is 0 Å². The molecule has 0 aliphatic carbocycles. The molecule has 2 amide bonds. The van der Waals surface area contributed by atoms with Crippen LogP contribution in [-0.2, 0) is 62.0 Å². The SMILES string of the molecule is COCOC1CN(C(=O)CCOCCc2ccc3sccc3c2)C1.COCOC1CN(CCCOCCc2ccc3sccc3c2)C1.O=C(CCOCCc1ccc2sccc2c1)N1CC(O)C1. The van der Waals surface area contributed by atoms with E-state index in [0.717, 1.165) is 58.5 Å². The average molecular weight is 990 g/mol. The van der Waals surface area contributed by atoms with Crippen molar-refractivity contribution in [2.75, 3.05) is 113 Å². The van der Waals surface area contributed by atoms with Crippen LogP contribution in [0.25, 0.3) is 30.3 Å². The number of fused-ring (bicyclic) bond motifs is 3. The first-order valence-electron chi connectivity index (χ1n) is 23.6. The van der Waals surface area contributed by atoms with E-state index < -0.39 is 0 Å². The summed E-state index contributed by atoms with van der Waals surface area (Å²) in [4.78, 5) is 29.5. The number of hydrogen-bond acceptors (Lipinski definition) is 14. The molecule has 13 nitrogen and oxygen atoms in total. The Morgan fingerprint density at radius 2 is 0.956 bits per heavy atom. The minimum absolute atomic E-state index is 0.0694. The second kappa shape index (κ2) is 28.1. The number of nitrogens with zero attached hydrogens (tertiary/aromatic N) is 3. The van der Waals surface area contributed by atoms with Crippen LogP contribution < -0.4 is 0 Å². The number of benzene rings is 3. The fourth-order valence-corrected chi connectivity index (χ4v) is 10.3. The molecule has 9 rings (SSSR count). The number of rotatable bonds is 25. The monoisotopic (exact) mass is 989 g/mol. The number of amides is 2. The maximum absolute atomic E-state index is 12.0. The first-order chi connectivity index (χ1) is 33.3. The molecule has 0 atom stereocenters. The van der Waals surface area contributed by atoms with Gasteiger partial charge < -0.3 is 48.1 Å². The van der Waals surface area contributed by atoms with Crippen molar-refractivity contribution in [1.29, 1.82) is 0 Å². The number of hydrogen-bond donors (Lipinski definition) is 1. The normalized spacial score (nSPS) is 15.5. The lowest BCUT2D eigenvalue weighted by Gasteiger charge is -2.38. The second-order valence-corrected chi connectivity index (χ2v) is 20.1. The lowest BCUT2D eigenvalue weighted by Crippen LogP contribution is -2.55. The second-order valence-electron chi connectivity index (χ2n) is 17.2. The van der Waals surface area contributed by atoms with Crippen LogP contribution in [-0.4, -0.2) is 163 Å². The first kappa shape index (κ1) is 52.0. The zero-order valence-electron chi connectivity index (χ0n) is 39.4. The third-order valence-electron chi connectivity index (χ3n) is 12.0. The van der Waals surface area contributed by atoms with Gasteiger partial charge in [-0.3, -0.25) is 14.5 Å². The predicted molar refractivity (Wildman–Crippen MR) is 272 cm³/mol. The lowest BCUT2D eigenvalue weighted by atomic mass is 10.1. The van der Waals surface area contributed by atoms with Gasteiger partial charge in [0.25, 0.3) is 0 Å². The van der Waals surface area contributed by atoms with Gasteiger partial charge in [0.2, 0.25) is 11.8 Å². The Kier molecular flexibility index (Phi) is 21.5. The lowest BCUT2D eigenvalue weighted by molar-refractivity contribution is -0.156. The van der Waals surface area contributed by atoms with Crippen molar-refractivity contribution in [3.63, 3.8) is 0 Å². The van der Waals surface area contributed by atoms with Crippen LogP contribution in [0.4, 0.5) is 0 Å². The molecule has 0 unspecified atom stereocenters. The summed E-state index contributed by atoms with van der Waals surface area (Å²) in [6, 6.07) is 26.1. The van der Waals surface area contributed by atoms with E-state index in [1.54, 1.807) is 58.0 Å². The molecular weight excluding hydrogens is 923 g/mol. The summed E-state index contributed by atoms with van der Waals surface area (Å²) < 4.78 is 41.5. The number of aliphatic hydroxyl groups excluding tert-OH is 1. The Labute approximate surface area is 412 Å². The maximum Gasteiger partial charge on any atom is 0.225 e. The number of carbonyl (C=O) groups is 2. The van der Waals surface area contributed by atoms with E-state index in [2.05, 4.69) is 93.8 Å². The summed E-state index contributed by atoms with van der Waals surface area (Å²) in [6.45, 7) is 9.90. The van der Waals surface area contributed by atoms with Gasteiger partial charge in [-0.1, -0.05) is 36.4 Å². The van der Waals surface area contributed by atoms with Crippen molar-refractivity contribution in [2.45, 2.75) is 56.8 Å². The van der Waals surface area contributed by atoms with E-state index in [4.69, 9.17) is 38.3 Å². The van der Waals surface area contributed by atoms with Crippen molar-refractivity contribution in [3.8, 4) is 0 Å². The highest BCUT2D eigenvalue weighted by Crippen LogP contribution is 2.24. The molecule has 16 heteroatoms. The van der Waals surface area contributed by atoms with Crippen LogP contribution in [0.5, 0.6) is 0 Å². The Morgan fingerprint density at radius 1 is 0.544 bits per heavy atom. The molecule has 6 aromatic rings. The summed E-state index contributed by atoms with van der Waals surface area (Å²) in [7, 11) is 3.25. The smallest absolute Gasteiger partial charge is 0.225 e. The topological polar surface area (TPSA) is 129 Å². The molecule has 3 aliphatic rings. The largest absolute Gasteiger partial charge is 0.389 e. The van der Waals surface area contributed by atoms with Crippen molar-refractivity contribution >= 4 is 76.1 Å². The molecule has 0 radical (unpaired) electrons. The summed E-state index contributed by atoms with van der Waals surface area (Å²) in [6.07, 6.45) is 4.77. The summed E-state index contributed by atoms with van der Waals surface area (Å²) in [5.41, 5.74) is 3.89. The van der Waals surface area contributed by atoms with Crippen molar-refractivity contribution in [3.05, 3.63) is 106 Å². The van der Waals surface area contributed by atoms with E-state index >= 15 is 0 Å². The van der Waals surface area contributed by atoms with Crippen LogP contribution in [0.3, 0.4) is 0 Å². The van der Waals surface area contributed by atoms with Crippen LogP contribution in [0, 0.1) is 0 Å². The van der Waals surface area contributed by atoms with Gasteiger partial charge in [-0.2, -0.15) is 0 Å². The van der Waals surface area contributed by atoms with Crippen molar-refractivity contribution in [1.82, 2.24) is 14.7 Å². The Balaban J connectivity index is 0.000000151. The molecule has 3 fully saturated rings. The van der Waals surface area contributed by atoms with E-state index in [1.165, 1.54) is 46.9 Å². The highest BCUT2D eigenvalue weighted by atomic mass is 32.1. The Morgan fingerprint density at radius 3 is 1.38 bits per heavy atom. The fourth-order valence-electron chi connectivity index (χ4n) is 7.96. The van der Waals surface area contributed by atoms with Gasteiger partial charge in [-0.15, -0.1) is 34.0 Å².